The average molecular weight is 431 g/mol. The molecule has 0 spiro atoms. The third kappa shape index (κ3) is 5.80. The SMILES string of the molecule is CCCCOC(=O)Cc1c(-c2ncc(O[C@H]3CCC[C@H](C(=O)O)C3)c(C)n2)cnn1C. The second-order valence-electron chi connectivity index (χ2n) is 7.96. The van der Waals surface area contributed by atoms with Gasteiger partial charge in [0.15, 0.2) is 11.6 Å². The molecule has 1 aliphatic rings. The Morgan fingerprint density at radius 3 is 2.81 bits per heavy atom. The first-order valence-electron chi connectivity index (χ1n) is 10.8. The molecule has 2 heterocycles. The Bertz CT molecular complexity index is 927. The number of nitrogens with zero attached hydrogens (tertiary/aromatic N) is 4. The van der Waals surface area contributed by atoms with Crippen molar-refractivity contribution in [2.24, 2.45) is 13.0 Å². The molecule has 9 nitrogen and oxygen atoms in total. The van der Waals surface area contributed by atoms with E-state index >= 15 is 0 Å². The smallest absolute Gasteiger partial charge is 0.311 e. The number of hydrogen-bond acceptors (Lipinski definition) is 7. The quantitative estimate of drug-likeness (QED) is 0.476. The number of rotatable bonds is 9. The van der Waals surface area contributed by atoms with Gasteiger partial charge in [-0.3, -0.25) is 14.3 Å². The molecule has 0 unspecified atom stereocenters. The van der Waals surface area contributed by atoms with Gasteiger partial charge in [-0.15, -0.1) is 0 Å². The molecule has 31 heavy (non-hydrogen) atoms. The van der Waals surface area contributed by atoms with E-state index in [1.807, 2.05) is 13.8 Å². The van der Waals surface area contributed by atoms with Gasteiger partial charge in [0.2, 0.25) is 0 Å². The minimum Gasteiger partial charge on any atom is -0.487 e. The number of aromatic nitrogens is 4. The Labute approximate surface area is 181 Å². The standard InChI is InChI=1S/C22H30N4O5/c1-4-5-9-30-20(27)11-18-17(12-24-26(18)3)21-23-13-19(14(2)25-21)31-16-8-6-7-15(10-16)22(28)29/h12-13,15-16H,4-11H2,1-3H3,(H,28,29)/t15-,16-/m0/s1. The Balaban J connectivity index is 1.71. The fourth-order valence-electron chi connectivity index (χ4n) is 3.73. The van der Waals surface area contributed by atoms with Crippen molar-refractivity contribution in [1.82, 2.24) is 19.7 Å². The number of hydrogen-bond donors (Lipinski definition) is 1. The van der Waals surface area contributed by atoms with Crippen LogP contribution in [0.5, 0.6) is 5.75 Å². The molecule has 1 aliphatic carbocycles. The van der Waals surface area contributed by atoms with E-state index in [1.54, 1.807) is 24.1 Å². The summed E-state index contributed by atoms with van der Waals surface area (Å²) in [5.41, 5.74) is 2.02. The number of ether oxygens (including phenoxy) is 2. The number of esters is 1. The van der Waals surface area contributed by atoms with Gasteiger partial charge in [-0.25, -0.2) is 9.97 Å². The molecule has 1 N–H and O–H groups in total. The molecule has 0 aliphatic heterocycles. The molecule has 1 saturated carbocycles. The van der Waals surface area contributed by atoms with E-state index in [0.29, 0.717) is 48.0 Å². The van der Waals surface area contributed by atoms with Crippen LogP contribution in [-0.2, 0) is 27.8 Å². The summed E-state index contributed by atoms with van der Waals surface area (Å²) in [6.07, 6.45) is 7.80. The predicted molar refractivity (Wildman–Crippen MR) is 113 cm³/mol. The van der Waals surface area contributed by atoms with Crippen molar-refractivity contribution < 1.29 is 24.2 Å². The van der Waals surface area contributed by atoms with Crippen molar-refractivity contribution in [3.05, 3.63) is 23.8 Å². The lowest BCUT2D eigenvalue weighted by molar-refractivity contribution is -0.144. The van der Waals surface area contributed by atoms with E-state index < -0.39 is 5.97 Å². The number of unbranched alkanes of at least 4 members (excludes halogenated alkanes) is 1. The van der Waals surface area contributed by atoms with Crippen LogP contribution >= 0.6 is 0 Å². The van der Waals surface area contributed by atoms with Crippen LogP contribution in [0, 0.1) is 12.8 Å². The van der Waals surface area contributed by atoms with Crippen molar-refractivity contribution in [2.45, 2.75) is 64.9 Å². The van der Waals surface area contributed by atoms with Gasteiger partial charge >= 0.3 is 11.9 Å². The zero-order chi connectivity index (χ0) is 22.4. The van der Waals surface area contributed by atoms with E-state index in [0.717, 1.165) is 25.7 Å². The number of carboxylic acids is 1. The number of carbonyl (C=O) groups excluding carboxylic acids is 1. The first-order valence-corrected chi connectivity index (χ1v) is 10.8. The summed E-state index contributed by atoms with van der Waals surface area (Å²) < 4.78 is 12.9. The molecule has 2 aromatic rings. The molecule has 0 radical (unpaired) electrons. The van der Waals surface area contributed by atoms with Crippen LogP contribution in [0.3, 0.4) is 0 Å². The number of aliphatic carboxylic acids is 1. The van der Waals surface area contributed by atoms with Gasteiger partial charge in [-0.2, -0.15) is 5.10 Å². The molecular formula is C22H30N4O5. The highest BCUT2D eigenvalue weighted by Crippen LogP contribution is 2.30. The van der Waals surface area contributed by atoms with Gasteiger partial charge in [-0.1, -0.05) is 13.3 Å². The average Bonchev–Trinajstić information content (AvgIpc) is 3.10. The lowest BCUT2D eigenvalue weighted by Crippen LogP contribution is -2.29. The zero-order valence-corrected chi connectivity index (χ0v) is 18.3. The number of aryl methyl sites for hydroxylation is 2. The summed E-state index contributed by atoms with van der Waals surface area (Å²) in [5, 5.41) is 13.5. The van der Waals surface area contributed by atoms with E-state index in [2.05, 4.69) is 15.1 Å². The molecule has 1 fully saturated rings. The number of carboxylic acid groups (broad SMARTS) is 1. The Kier molecular flexibility index (Phi) is 7.59. The van der Waals surface area contributed by atoms with Gasteiger partial charge in [0, 0.05) is 7.05 Å². The largest absolute Gasteiger partial charge is 0.487 e. The van der Waals surface area contributed by atoms with Crippen molar-refractivity contribution in [1.29, 1.82) is 0 Å². The minimum absolute atomic E-state index is 0.0921. The van der Waals surface area contributed by atoms with Crippen molar-refractivity contribution in [2.75, 3.05) is 6.61 Å². The first-order chi connectivity index (χ1) is 14.9. The maximum atomic E-state index is 12.2. The van der Waals surface area contributed by atoms with Gasteiger partial charge in [-0.05, 0) is 39.0 Å². The highest BCUT2D eigenvalue weighted by molar-refractivity contribution is 5.75. The second kappa shape index (κ2) is 10.4. The van der Waals surface area contributed by atoms with E-state index in [-0.39, 0.29) is 24.4 Å². The van der Waals surface area contributed by atoms with Crippen LogP contribution in [0.15, 0.2) is 12.4 Å². The fraction of sp³-hybridized carbons (Fsp3) is 0.591. The van der Waals surface area contributed by atoms with Crippen LogP contribution in [-0.4, -0.2) is 49.5 Å². The second-order valence-corrected chi connectivity index (χ2v) is 7.96. The molecule has 0 aromatic carbocycles. The molecular weight excluding hydrogens is 400 g/mol. The Morgan fingerprint density at radius 2 is 2.10 bits per heavy atom. The topological polar surface area (TPSA) is 116 Å². The highest BCUT2D eigenvalue weighted by atomic mass is 16.5. The Hall–Kier alpha value is -2.97. The summed E-state index contributed by atoms with van der Waals surface area (Å²) in [6, 6.07) is 0. The summed E-state index contributed by atoms with van der Waals surface area (Å²) >= 11 is 0. The van der Waals surface area contributed by atoms with Crippen molar-refractivity contribution >= 4 is 11.9 Å². The van der Waals surface area contributed by atoms with Gasteiger partial charge in [0.05, 0.1) is 54.4 Å². The normalized spacial score (nSPS) is 18.5. The van der Waals surface area contributed by atoms with Crippen molar-refractivity contribution in [3.63, 3.8) is 0 Å². The van der Waals surface area contributed by atoms with Crippen LogP contribution in [0.25, 0.3) is 11.4 Å². The highest BCUT2D eigenvalue weighted by Gasteiger charge is 2.28. The van der Waals surface area contributed by atoms with E-state index in [4.69, 9.17) is 9.47 Å². The fourth-order valence-corrected chi connectivity index (χ4v) is 3.73. The molecule has 0 saturated heterocycles. The minimum atomic E-state index is -0.769. The monoisotopic (exact) mass is 430 g/mol. The molecule has 3 rings (SSSR count). The van der Waals surface area contributed by atoms with Crippen LogP contribution in [0.4, 0.5) is 0 Å². The lowest BCUT2D eigenvalue weighted by atomic mass is 9.87. The van der Waals surface area contributed by atoms with Crippen LogP contribution in [0.1, 0.15) is 56.8 Å². The summed E-state index contributed by atoms with van der Waals surface area (Å²) in [7, 11) is 1.77. The van der Waals surface area contributed by atoms with Crippen LogP contribution < -0.4 is 4.74 Å². The molecule has 0 bridgehead atoms. The predicted octanol–water partition coefficient (Wildman–Crippen LogP) is 3.09. The summed E-state index contributed by atoms with van der Waals surface area (Å²) in [4.78, 5) is 32.4. The summed E-state index contributed by atoms with van der Waals surface area (Å²) in [5.74, 6) is -0.436. The Morgan fingerprint density at radius 1 is 1.29 bits per heavy atom. The molecule has 168 valence electrons. The molecule has 9 heteroatoms. The first kappa shape index (κ1) is 22.7. The maximum absolute atomic E-state index is 12.2. The molecule has 2 aromatic heterocycles. The van der Waals surface area contributed by atoms with E-state index in [9.17, 15) is 14.7 Å². The van der Waals surface area contributed by atoms with E-state index in [1.165, 1.54) is 0 Å². The molecule has 2 atom stereocenters. The van der Waals surface area contributed by atoms with Crippen LogP contribution in [0.2, 0.25) is 0 Å². The maximum Gasteiger partial charge on any atom is 0.311 e. The third-order valence-corrected chi connectivity index (χ3v) is 5.58. The zero-order valence-electron chi connectivity index (χ0n) is 18.3. The van der Waals surface area contributed by atoms with Crippen molar-refractivity contribution in [3.8, 4) is 17.1 Å². The van der Waals surface area contributed by atoms with Gasteiger partial charge in [0.25, 0.3) is 0 Å². The van der Waals surface area contributed by atoms with Gasteiger partial charge < -0.3 is 14.6 Å². The third-order valence-electron chi connectivity index (χ3n) is 5.58. The van der Waals surface area contributed by atoms with Gasteiger partial charge in [0.1, 0.15) is 0 Å². The number of carbonyl (C=O) groups is 2. The lowest BCUT2D eigenvalue weighted by Gasteiger charge is -2.27. The summed E-state index contributed by atoms with van der Waals surface area (Å²) in [6.45, 7) is 4.28. The molecule has 0 amide bonds.